The summed E-state index contributed by atoms with van der Waals surface area (Å²) in [7, 11) is 1.83. The van der Waals surface area contributed by atoms with Crippen LogP contribution in [0.5, 0.6) is 0 Å². The van der Waals surface area contributed by atoms with Gasteiger partial charge in [-0.15, -0.1) is 0 Å². The smallest absolute Gasteiger partial charge is 0.407 e. The highest BCUT2D eigenvalue weighted by Crippen LogP contribution is 2.44. The molecule has 29 heavy (non-hydrogen) atoms. The van der Waals surface area contributed by atoms with E-state index in [2.05, 4.69) is 34.7 Å². The van der Waals surface area contributed by atoms with Crippen LogP contribution in [0.1, 0.15) is 40.1 Å². The van der Waals surface area contributed by atoms with Gasteiger partial charge in [-0.25, -0.2) is 4.79 Å². The lowest BCUT2D eigenvalue weighted by molar-refractivity contribution is 0.128. The van der Waals surface area contributed by atoms with Crippen molar-refractivity contribution in [3.63, 3.8) is 0 Å². The summed E-state index contributed by atoms with van der Waals surface area (Å²) >= 11 is 0. The van der Waals surface area contributed by atoms with E-state index in [4.69, 9.17) is 4.74 Å². The zero-order chi connectivity index (χ0) is 20.5. The standard InChI is InChI=1S/C23H25N3O3/c1-14-22(15(2)26(3)25-14)21(27)12-24-23(28)29-13-20-18-10-6-4-8-16(18)17-9-5-7-11-19(17)20/h4-11,20-21,27H,12-13H2,1-3H3,(H,24,28). The Morgan fingerprint density at radius 1 is 1.14 bits per heavy atom. The molecule has 2 aromatic carbocycles. The molecule has 1 amide bonds. The number of aryl methyl sites for hydroxylation is 2. The number of hydrogen-bond donors (Lipinski definition) is 2. The highest BCUT2D eigenvalue weighted by Gasteiger charge is 2.29. The van der Waals surface area contributed by atoms with Crippen LogP contribution in [-0.2, 0) is 11.8 Å². The topological polar surface area (TPSA) is 76.4 Å². The maximum absolute atomic E-state index is 12.3. The lowest BCUT2D eigenvalue weighted by Crippen LogP contribution is -2.30. The van der Waals surface area contributed by atoms with Crippen molar-refractivity contribution < 1.29 is 14.6 Å². The number of nitrogens with zero attached hydrogens (tertiary/aromatic N) is 2. The van der Waals surface area contributed by atoms with E-state index in [0.29, 0.717) is 0 Å². The molecule has 1 aliphatic carbocycles. The summed E-state index contributed by atoms with van der Waals surface area (Å²) in [6.45, 7) is 4.07. The van der Waals surface area contributed by atoms with Crippen molar-refractivity contribution in [1.82, 2.24) is 15.1 Å². The number of amides is 1. The molecule has 1 heterocycles. The SMILES string of the molecule is Cc1nn(C)c(C)c1C(O)CNC(=O)OCC1c2ccccc2-c2ccccc21. The third-order valence-corrected chi connectivity index (χ3v) is 5.68. The molecule has 6 nitrogen and oxygen atoms in total. The number of nitrogens with one attached hydrogen (secondary N) is 1. The number of fused-ring (bicyclic) bond motifs is 3. The summed E-state index contributed by atoms with van der Waals surface area (Å²) in [5.74, 6) is 0.0147. The Morgan fingerprint density at radius 2 is 1.72 bits per heavy atom. The molecular formula is C23H25N3O3. The van der Waals surface area contributed by atoms with Crippen LogP contribution >= 0.6 is 0 Å². The molecule has 0 bridgehead atoms. The van der Waals surface area contributed by atoms with Crippen molar-refractivity contribution in [2.45, 2.75) is 25.9 Å². The zero-order valence-corrected chi connectivity index (χ0v) is 16.8. The number of benzene rings is 2. The van der Waals surface area contributed by atoms with Gasteiger partial charge in [-0.05, 0) is 36.1 Å². The Kier molecular flexibility index (Phi) is 5.11. The molecule has 0 aliphatic heterocycles. The van der Waals surface area contributed by atoms with E-state index in [0.717, 1.165) is 17.0 Å². The van der Waals surface area contributed by atoms with Gasteiger partial charge in [-0.3, -0.25) is 4.68 Å². The molecule has 0 saturated carbocycles. The molecule has 6 heteroatoms. The Hall–Kier alpha value is -3.12. The van der Waals surface area contributed by atoms with Crippen molar-refractivity contribution in [3.8, 4) is 11.1 Å². The average molecular weight is 391 g/mol. The number of aliphatic hydroxyl groups is 1. The van der Waals surface area contributed by atoms with Gasteiger partial charge < -0.3 is 15.2 Å². The average Bonchev–Trinajstić information content (AvgIpc) is 3.18. The number of hydrogen-bond acceptors (Lipinski definition) is 4. The van der Waals surface area contributed by atoms with Crippen molar-refractivity contribution in [1.29, 1.82) is 0 Å². The quantitative estimate of drug-likeness (QED) is 0.697. The van der Waals surface area contributed by atoms with E-state index in [1.807, 2.05) is 45.2 Å². The van der Waals surface area contributed by atoms with Gasteiger partial charge in [0.05, 0.1) is 18.3 Å². The minimum Gasteiger partial charge on any atom is -0.449 e. The molecule has 0 saturated heterocycles. The maximum atomic E-state index is 12.3. The van der Waals surface area contributed by atoms with Crippen LogP contribution in [-0.4, -0.2) is 34.1 Å². The first-order chi connectivity index (χ1) is 14.0. The van der Waals surface area contributed by atoms with Gasteiger partial charge in [0.2, 0.25) is 0 Å². The number of carbonyl (C=O) groups is 1. The van der Waals surface area contributed by atoms with E-state index in [1.54, 1.807) is 4.68 Å². The fourth-order valence-electron chi connectivity index (χ4n) is 4.20. The maximum Gasteiger partial charge on any atom is 0.407 e. The van der Waals surface area contributed by atoms with Gasteiger partial charge in [0, 0.05) is 24.2 Å². The number of carbonyl (C=O) groups excluding carboxylic acids is 1. The highest BCUT2D eigenvalue weighted by molar-refractivity contribution is 5.79. The third kappa shape index (κ3) is 3.51. The van der Waals surface area contributed by atoms with E-state index in [9.17, 15) is 9.90 Å². The van der Waals surface area contributed by atoms with Crippen LogP contribution in [0.25, 0.3) is 11.1 Å². The molecule has 150 valence electrons. The van der Waals surface area contributed by atoms with E-state index >= 15 is 0 Å². The lowest BCUT2D eigenvalue weighted by atomic mass is 9.98. The van der Waals surface area contributed by atoms with Gasteiger partial charge >= 0.3 is 6.09 Å². The first-order valence-corrected chi connectivity index (χ1v) is 9.74. The van der Waals surface area contributed by atoms with Crippen LogP contribution in [0.2, 0.25) is 0 Å². The van der Waals surface area contributed by atoms with Crippen LogP contribution in [0.4, 0.5) is 4.79 Å². The van der Waals surface area contributed by atoms with Gasteiger partial charge in [-0.2, -0.15) is 5.10 Å². The fourth-order valence-corrected chi connectivity index (χ4v) is 4.20. The summed E-state index contributed by atoms with van der Waals surface area (Å²) in [6.07, 6.45) is -1.37. The summed E-state index contributed by atoms with van der Waals surface area (Å²) in [5, 5.41) is 17.4. The second-order valence-electron chi connectivity index (χ2n) is 7.43. The Morgan fingerprint density at radius 3 is 2.28 bits per heavy atom. The number of aliphatic hydroxyl groups excluding tert-OH is 1. The molecule has 0 fully saturated rings. The van der Waals surface area contributed by atoms with Gasteiger partial charge in [0.25, 0.3) is 0 Å². The van der Waals surface area contributed by atoms with E-state index < -0.39 is 12.2 Å². The lowest BCUT2D eigenvalue weighted by Gasteiger charge is -2.16. The Bertz CT molecular complexity index is 1010. The van der Waals surface area contributed by atoms with Crippen LogP contribution in [0.3, 0.4) is 0 Å². The largest absolute Gasteiger partial charge is 0.449 e. The molecule has 1 aromatic heterocycles. The molecule has 4 rings (SSSR count). The first-order valence-electron chi connectivity index (χ1n) is 9.74. The molecule has 0 spiro atoms. The van der Waals surface area contributed by atoms with Gasteiger partial charge in [-0.1, -0.05) is 48.5 Å². The fraction of sp³-hybridized carbons (Fsp3) is 0.304. The number of rotatable bonds is 5. The second-order valence-corrected chi connectivity index (χ2v) is 7.43. The second kappa shape index (κ2) is 7.72. The molecule has 0 radical (unpaired) electrons. The van der Waals surface area contributed by atoms with Crippen LogP contribution < -0.4 is 5.32 Å². The summed E-state index contributed by atoms with van der Waals surface area (Å²) in [5.41, 5.74) is 7.10. The Balaban J connectivity index is 1.39. The van der Waals surface area contributed by atoms with Crippen molar-refractivity contribution in [2.24, 2.45) is 7.05 Å². The molecule has 1 aliphatic rings. The third-order valence-electron chi connectivity index (χ3n) is 5.68. The van der Waals surface area contributed by atoms with Crippen molar-refractivity contribution in [3.05, 3.63) is 76.6 Å². The monoisotopic (exact) mass is 391 g/mol. The number of alkyl carbamates (subject to hydrolysis) is 1. The van der Waals surface area contributed by atoms with Crippen molar-refractivity contribution >= 4 is 6.09 Å². The first kappa shape index (κ1) is 19.2. The van der Waals surface area contributed by atoms with E-state index in [-0.39, 0.29) is 19.1 Å². The predicted molar refractivity (Wildman–Crippen MR) is 111 cm³/mol. The van der Waals surface area contributed by atoms with Gasteiger partial charge in [0.1, 0.15) is 6.61 Å². The van der Waals surface area contributed by atoms with E-state index in [1.165, 1.54) is 22.3 Å². The van der Waals surface area contributed by atoms with Gasteiger partial charge in [0.15, 0.2) is 0 Å². The molecule has 3 aromatic rings. The molecule has 1 atom stereocenters. The minimum atomic E-state index is -0.829. The van der Waals surface area contributed by atoms with Crippen LogP contribution in [0, 0.1) is 13.8 Å². The molecule has 1 unspecified atom stereocenters. The molecular weight excluding hydrogens is 366 g/mol. The number of aromatic nitrogens is 2. The van der Waals surface area contributed by atoms with Crippen molar-refractivity contribution in [2.75, 3.05) is 13.2 Å². The normalized spacial score (nSPS) is 13.7. The minimum absolute atomic E-state index is 0.0147. The summed E-state index contributed by atoms with van der Waals surface area (Å²) < 4.78 is 7.23. The number of ether oxygens (including phenoxy) is 1. The zero-order valence-electron chi connectivity index (χ0n) is 16.8. The van der Waals surface area contributed by atoms with Crippen LogP contribution in [0.15, 0.2) is 48.5 Å². The predicted octanol–water partition coefficient (Wildman–Crippen LogP) is 3.61. The Labute approximate surface area is 170 Å². The molecule has 2 N–H and O–H groups in total. The summed E-state index contributed by atoms with van der Waals surface area (Å²) in [4.78, 5) is 12.3. The highest BCUT2D eigenvalue weighted by atomic mass is 16.5. The summed E-state index contributed by atoms with van der Waals surface area (Å²) in [6, 6.07) is 16.4.